The third kappa shape index (κ3) is 0.522. The Bertz CT molecular complexity index is 1810. The van der Waals surface area contributed by atoms with Crippen molar-refractivity contribution in [1.29, 1.82) is 0 Å². The van der Waals surface area contributed by atoms with Gasteiger partial charge < -0.3 is 0 Å². The van der Waals surface area contributed by atoms with Crippen molar-refractivity contribution >= 4 is 7.92 Å². The fraction of sp³-hybridized carbons (Fsp3) is 0.838. The minimum atomic E-state index is -3.46. The molecule has 39 heavy (non-hydrogen) atoms. The van der Waals surface area contributed by atoms with Crippen LogP contribution in [0.1, 0.15) is 69.8 Å². The molecule has 10 aliphatic heterocycles. The first-order chi connectivity index (χ1) is 19.0. The van der Waals surface area contributed by atoms with Gasteiger partial charge in [0, 0.05) is 0 Å². The summed E-state index contributed by atoms with van der Waals surface area (Å²) in [4.78, 5) is 11.6. The van der Waals surface area contributed by atoms with Crippen molar-refractivity contribution in [1.82, 2.24) is 0 Å². The van der Waals surface area contributed by atoms with Crippen LogP contribution in [0.25, 0.3) is 0 Å². The second-order valence-electron chi connectivity index (χ2n) is 21.8. The van der Waals surface area contributed by atoms with Gasteiger partial charge in [0.05, 0.1) is 0 Å². The Morgan fingerprint density at radius 2 is 1.05 bits per heavy atom. The van der Waals surface area contributed by atoms with Crippen LogP contribution in [0, 0.1) is 47.3 Å². The third-order valence-corrected chi connectivity index (χ3v) is 73.6. The number of hydrogen-bond acceptors (Lipinski definition) is 0. The van der Waals surface area contributed by atoms with Crippen LogP contribution in [0.15, 0.2) is 30.3 Å². The molecule has 18 fully saturated rings. The molecule has 1 aromatic carbocycles. The molecule has 10 saturated heterocycles. The molecule has 1 aromatic rings. The average molecular weight is 577 g/mol. The summed E-state index contributed by atoms with van der Waals surface area (Å²) in [6, 6.07) is 12.7. The Morgan fingerprint density at radius 3 is 1.46 bits per heavy atom. The van der Waals surface area contributed by atoms with E-state index < -0.39 is 6.51 Å². The number of hydrogen-bond donors (Lipinski definition) is 0. The number of rotatable bonds is 5. The van der Waals surface area contributed by atoms with Crippen LogP contribution in [0.3, 0.4) is 0 Å². The Hall–Kier alpha value is 0.169. The molecule has 18 aliphatic rings. The monoisotopic (exact) mass is 576 g/mol. The maximum atomic E-state index is 2.70. The average Bonchev–Trinajstić information content (AvgIpc) is 3.87. The second-order valence-corrected chi connectivity index (χ2v) is 47.7. The van der Waals surface area contributed by atoms with Gasteiger partial charge in [-0.3, -0.25) is 0 Å². The topological polar surface area (TPSA) is 0 Å². The van der Waals surface area contributed by atoms with E-state index in [9.17, 15) is 0 Å². The van der Waals surface area contributed by atoms with Crippen LogP contribution in [0.5, 0.6) is 0 Å². The van der Waals surface area contributed by atoms with Gasteiger partial charge in [-0.1, -0.05) is 0 Å². The predicted molar refractivity (Wildman–Crippen MR) is 154 cm³/mol. The molecule has 206 valence electrons. The first-order valence-corrected chi connectivity index (χ1v) is 25.9. The van der Waals surface area contributed by atoms with E-state index in [1.54, 1.807) is 64.2 Å². The molecular formula is C37H45FeP. The van der Waals surface area contributed by atoms with E-state index in [4.69, 9.17) is 0 Å². The first-order valence-electron chi connectivity index (χ1n) is 18.0. The van der Waals surface area contributed by atoms with Crippen molar-refractivity contribution < 1.29 is 6.51 Å². The summed E-state index contributed by atoms with van der Waals surface area (Å²) in [5, 5.41) is 0. The number of benzene rings is 1. The standard InChI is InChI=1S/C32H40P.C5H5.Fe/c1-2-4-25(5-3-1)26-7-6-20(10-26)19-33(31-27-11-21-8-22(13-27)14-28(31)12-21)32-29-15-23-9-24(17-29)18-30(32)16-23;1-2-4-5-3-1;/h1-7,10,21-24,27-32H,8-9,11-19H2;1-5H;. The summed E-state index contributed by atoms with van der Waals surface area (Å²) in [7, 11) is 0.277. The molecule has 8 saturated carbocycles. The van der Waals surface area contributed by atoms with Crippen molar-refractivity contribution in [2.75, 3.05) is 6.16 Å². The molecule has 0 N–H and O–H groups in total. The van der Waals surface area contributed by atoms with Gasteiger partial charge in [-0.05, 0) is 0 Å². The van der Waals surface area contributed by atoms with Gasteiger partial charge in [0.1, 0.15) is 0 Å². The zero-order valence-electron chi connectivity index (χ0n) is 23.4. The van der Waals surface area contributed by atoms with E-state index in [-0.39, 0.29) is 7.92 Å². The van der Waals surface area contributed by atoms with Gasteiger partial charge in [-0.2, -0.15) is 0 Å². The van der Waals surface area contributed by atoms with E-state index in [0.29, 0.717) is 0 Å². The summed E-state index contributed by atoms with van der Waals surface area (Å²) in [5.41, 5.74) is 4.51. The zero-order valence-corrected chi connectivity index (χ0v) is 25.4. The minimum absolute atomic E-state index is 0.277. The van der Waals surface area contributed by atoms with Gasteiger partial charge in [0.25, 0.3) is 0 Å². The van der Waals surface area contributed by atoms with Gasteiger partial charge in [0.15, 0.2) is 0 Å². The maximum absolute atomic E-state index is 3.46. The third-order valence-electron chi connectivity index (χ3n) is 25.9. The molecule has 19 rings (SSSR count). The van der Waals surface area contributed by atoms with E-state index in [1.807, 2.05) is 11.7 Å². The van der Waals surface area contributed by atoms with E-state index in [2.05, 4.69) is 30.3 Å². The van der Waals surface area contributed by atoms with Gasteiger partial charge in [0.2, 0.25) is 0 Å². The van der Waals surface area contributed by atoms with E-state index in [0.717, 1.165) is 8.63 Å². The fourth-order valence-electron chi connectivity index (χ4n) is 28.5. The molecule has 8 aliphatic carbocycles. The summed E-state index contributed by atoms with van der Waals surface area (Å²) in [6.07, 6.45) is 18.9. The van der Waals surface area contributed by atoms with Crippen LogP contribution in [-0.4, -0.2) is 17.5 Å². The van der Waals surface area contributed by atoms with Crippen LogP contribution < -0.4 is 0 Å². The molecule has 0 amide bonds. The number of fused-ring (bicyclic) bond motifs is 10. The van der Waals surface area contributed by atoms with Crippen molar-refractivity contribution in [2.24, 2.45) is 47.3 Å². The van der Waals surface area contributed by atoms with Crippen molar-refractivity contribution in [3.63, 3.8) is 0 Å². The van der Waals surface area contributed by atoms with Crippen molar-refractivity contribution in [3.8, 4) is 0 Å². The summed E-state index contributed by atoms with van der Waals surface area (Å²) >= 11 is 0. The van der Waals surface area contributed by atoms with Crippen LogP contribution in [-0.2, 0) is 10.8 Å². The molecule has 5 atom stereocenters. The Labute approximate surface area is 225 Å². The molecule has 5 unspecified atom stereocenters. The van der Waals surface area contributed by atoms with Crippen molar-refractivity contribution in [2.45, 2.75) is 123 Å². The Kier molecular flexibility index (Phi) is 1.43. The van der Waals surface area contributed by atoms with Crippen LogP contribution in [0.4, 0.5) is 0 Å². The summed E-state index contributed by atoms with van der Waals surface area (Å²) in [6.45, 7) is -3.46. The quantitative estimate of drug-likeness (QED) is 0.242. The molecule has 8 bridgehead atoms. The Balaban J connectivity index is 0.894. The predicted octanol–water partition coefficient (Wildman–Crippen LogP) is 9.98. The van der Waals surface area contributed by atoms with Gasteiger partial charge in [-0.25, -0.2) is 0 Å². The first kappa shape index (κ1) is 18.7. The normalized spacial score (nSPS) is 89.5. The molecule has 10 heterocycles. The molecule has 0 aromatic heterocycles. The van der Waals surface area contributed by atoms with Gasteiger partial charge >= 0.3 is 227 Å². The molecule has 0 nitrogen and oxygen atoms in total. The summed E-state index contributed by atoms with van der Waals surface area (Å²) in [5.74, 6) is 9.53. The van der Waals surface area contributed by atoms with Crippen molar-refractivity contribution in [3.05, 3.63) is 35.9 Å². The Morgan fingerprint density at radius 1 is 0.590 bits per heavy atom. The molecule has 2 heteroatoms. The fourth-order valence-corrected chi connectivity index (χ4v) is 113. The van der Waals surface area contributed by atoms with Crippen LogP contribution in [0.2, 0.25) is 42.8 Å². The molecule has 1 spiro atoms. The van der Waals surface area contributed by atoms with Crippen LogP contribution >= 0.6 is 7.92 Å². The summed E-state index contributed by atoms with van der Waals surface area (Å²) < 4.78 is 2.05. The van der Waals surface area contributed by atoms with E-state index >= 15 is 0 Å². The SMILES string of the molecule is c1ccc([C]23[CH]4[CH]5[C]6(CP(C7C8CC9CC(C8)CC7C9)C7C8CC9CC(C8)CC7C9)[CH]2[Fe]54632789[CH]3[CH]2[CH]7[CH]8[CH]39)cc1. The zero-order chi connectivity index (χ0) is 24.2. The van der Waals surface area contributed by atoms with Gasteiger partial charge in [-0.15, -0.1) is 0 Å². The van der Waals surface area contributed by atoms with E-state index in [1.165, 1.54) is 97.2 Å². The second kappa shape index (κ2) is 2.97. The molecular weight excluding hydrogens is 531 g/mol. The molecule has 0 radical (unpaired) electrons.